The van der Waals surface area contributed by atoms with Gasteiger partial charge in [0.25, 0.3) is 11.6 Å². The van der Waals surface area contributed by atoms with Gasteiger partial charge >= 0.3 is 12.3 Å². The number of carbonyl (C=O) groups is 2. The van der Waals surface area contributed by atoms with Crippen molar-refractivity contribution in [3.05, 3.63) is 58.1 Å². The maximum absolute atomic E-state index is 13.0. The summed E-state index contributed by atoms with van der Waals surface area (Å²) < 4.78 is 39.1. The van der Waals surface area contributed by atoms with Crippen LogP contribution in [-0.2, 0) is 9.53 Å². The Kier molecular flexibility index (Phi) is 4.59. The van der Waals surface area contributed by atoms with Gasteiger partial charge in [0.1, 0.15) is 5.56 Å². The van der Waals surface area contributed by atoms with Crippen molar-refractivity contribution in [3.63, 3.8) is 0 Å². The highest BCUT2D eigenvalue weighted by molar-refractivity contribution is 5.97. The number of nitrogens with one attached hydrogen (secondary N) is 1. The smallest absolute Gasteiger partial charge is 0.452 e. The van der Waals surface area contributed by atoms with Crippen molar-refractivity contribution in [2.24, 2.45) is 0 Å². The fourth-order valence-electron chi connectivity index (χ4n) is 2.24. The number of nitro benzene ring substituents is 1. The van der Waals surface area contributed by atoms with E-state index in [1.54, 1.807) is 0 Å². The van der Waals surface area contributed by atoms with Crippen LogP contribution >= 0.6 is 0 Å². The highest BCUT2D eigenvalue weighted by Crippen LogP contribution is 2.42. The summed E-state index contributed by atoms with van der Waals surface area (Å²) in [5, 5.41) is 13.2. The number of ether oxygens (including phenoxy) is 3. The molecule has 0 saturated carbocycles. The fraction of sp³-hybridized carbons (Fsp3) is 0.125. The van der Waals surface area contributed by atoms with Crippen LogP contribution in [0.25, 0.3) is 0 Å². The molecule has 1 N–H and O–H groups in total. The summed E-state index contributed by atoms with van der Waals surface area (Å²) in [4.78, 5) is 33.9. The van der Waals surface area contributed by atoms with Gasteiger partial charge in [-0.1, -0.05) is 12.1 Å². The Morgan fingerprint density at radius 1 is 1.15 bits per heavy atom. The van der Waals surface area contributed by atoms with E-state index in [1.165, 1.54) is 30.3 Å². The highest BCUT2D eigenvalue weighted by atomic mass is 19.3. The number of esters is 1. The quantitative estimate of drug-likeness (QED) is 0.481. The first kappa shape index (κ1) is 18.0. The lowest BCUT2D eigenvalue weighted by atomic mass is 10.2. The molecule has 2 aromatic carbocycles. The van der Waals surface area contributed by atoms with Crippen molar-refractivity contribution in [1.82, 2.24) is 0 Å². The summed E-state index contributed by atoms with van der Waals surface area (Å²) in [6.07, 6.45) is -3.79. The van der Waals surface area contributed by atoms with Gasteiger partial charge in [-0.25, -0.2) is 4.79 Å². The second-order valence-electron chi connectivity index (χ2n) is 5.23. The minimum absolute atomic E-state index is 0.0989. The Balaban J connectivity index is 1.60. The average Bonchev–Trinajstić information content (AvgIpc) is 2.92. The van der Waals surface area contributed by atoms with Gasteiger partial charge in [0.2, 0.25) is 0 Å². The molecule has 11 heteroatoms. The summed E-state index contributed by atoms with van der Waals surface area (Å²) in [5.74, 6) is -2.30. The third kappa shape index (κ3) is 4.08. The first-order chi connectivity index (χ1) is 12.7. The molecule has 0 spiro atoms. The molecule has 9 nitrogen and oxygen atoms in total. The van der Waals surface area contributed by atoms with Gasteiger partial charge in [0.05, 0.1) is 4.92 Å². The molecule has 0 saturated heterocycles. The van der Waals surface area contributed by atoms with E-state index in [0.29, 0.717) is 0 Å². The molecular weight excluding hydrogens is 370 g/mol. The largest absolute Gasteiger partial charge is 0.586 e. The predicted octanol–water partition coefficient (Wildman–Crippen LogP) is 2.71. The molecule has 0 aliphatic carbocycles. The van der Waals surface area contributed by atoms with Gasteiger partial charge in [-0.3, -0.25) is 14.9 Å². The summed E-state index contributed by atoms with van der Waals surface area (Å²) >= 11 is 0. The van der Waals surface area contributed by atoms with Gasteiger partial charge in [-0.05, 0) is 18.2 Å². The molecule has 1 heterocycles. The number of nitrogens with zero attached hydrogens (tertiary/aromatic N) is 1. The standard InChI is InChI=1S/C16H10F2N2O7/c17-16(18)26-12-6-5-9(7-13(12)27-16)19-14(21)8-25-15(22)10-3-1-2-4-11(10)20(23)24/h1-7H,8H2,(H,19,21). The van der Waals surface area contributed by atoms with Gasteiger partial charge in [0.15, 0.2) is 18.1 Å². The van der Waals surface area contributed by atoms with Crippen LogP contribution in [0.5, 0.6) is 11.5 Å². The van der Waals surface area contributed by atoms with E-state index in [0.717, 1.165) is 12.1 Å². The number of anilines is 1. The number of halogens is 2. The van der Waals surface area contributed by atoms with Crippen molar-refractivity contribution >= 4 is 23.3 Å². The molecule has 3 rings (SSSR count). The molecule has 0 radical (unpaired) electrons. The van der Waals surface area contributed by atoms with Crippen LogP contribution in [0.2, 0.25) is 0 Å². The van der Waals surface area contributed by atoms with E-state index in [2.05, 4.69) is 14.8 Å². The van der Waals surface area contributed by atoms with Crippen LogP contribution < -0.4 is 14.8 Å². The zero-order valence-electron chi connectivity index (χ0n) is 13.3. The number of alkyl halides is 2. The first-order valence-corrected chi connectivity index (χ1v) is 7.35. The lowest BCUT2D eigenvalue weighted by Gasteiger charge is -2.07. The normalized spacial score (nSPS) is 13.7. The SMILES string of the molecule is O=C(COC(=O)c1ccccc1[N+](=O)[O-])Nc1ccc2c(c1)OC(F)(F)O2. The molecule has 1 amide bonds. The van der Waals surface area contributed by atoms with Crippen molar-refractivity contribution in [2.75, 3.05) is 11.9 Å². The second kappa shape index (κ2) is 6.86. The number of amides is 1. The monoisotopic (exact) mass is 380 g/mol. The molecule has 1 aliphatic rings. The summed E-state index contributed by atoms with van der Waals surface area (Å²) in [5.41, 5.74) is -0.665. The van der Waals surface area contributed by atoms with Crippen LogP contribution in [0.15, 0.2) is 42.5 Å². The Morgan fingerprint density at radius 2 is 1.85 bits per heavy atom. The molecule has 0 bridgehead atoms. The number of hydrogen-bond donors (Lipinski definition) is 1. The maximum atomic E-state index is 13.0. The number of para-hydroxylation sites is 1. The van der Waals surface area contributed by atoms with Gasteiger partial charge in [-0.2, -0.15) is 0 Å². The third-order valence-corrected chi connectivity index (χ3v) is 3.34. The first-order valence-electron chi connectivity index (χ1n) is 7.35. The van der Waals surface area contributed by atoms with E-state index in [4.69, 9.17) is 4.74 Å². The van der Waals surface area contributed by atoms with E-state index < -0.39 is 35.4 Å². The highest BCUT2D eigenvalue weighted by Gasteiger charge is 2.43. The van der Waals surface area contributed by atoms with Gasteiger partial charge in [0, 0.05) is 17.8 Å². The lowest BCUT2D eigenvalue weighted by molar-refractivity contribution is -0.385. The van der Waals surface area contributed by atoms with Crippen molar-refractivity contribution in [3.8, 4) is 11.5 Å². The number of fused-ring (bicyclic) bond motifs is 1. The molecule has 0 aromatic heterocycles. The van der Waals surface area contributed by atoms with Crippen LogP contribution in [0, 0.1) is 10.1 Å². The van der Waals surface area contributed by atoms with Crippen molar-refractivity contribution in [1.29, 1.82) is 0 Å². The zero-order chi connectivity index (χ0) is 19.6. The number of hydrogen-bond acceptors (Lipinski definition) is 7. The molecule has 27 heavy (non-hydrogen) atoms. The number of rotatable bonds is 5. The topological polar surface area (TPSA) is 117 Å². The van der Waals surface area contributed by atoms with E-state index in [1.807, 2.05) is 0 Å². The summed E-state index contributed by atoms with van der Waals surface area (Å²) in [6, 6.07) is 8.67. The number of benzene rings is 2. The van der Waals surface area contributed by atoms with Crippen molar-refractivity contribution in [2.45, 2.75) is 6.29 Å². The Hall–Kier alpha value is -3.76. The molecule has 2 aromatic rings. The fourth-order valence-corrected chi connectivity index (χ4v) is 2.24. The predicted molar refractivity (Wildman–Crippen MR) is 84.7 cm³/mol. The third-order valence-electron chi connectivity index (χ3n) is 3.34. The number of carbonyl (C=O) groups excluding carboxylic acids is 2. The maximum Gasteiger partial charge on any atom is 0.586 e. The minimum Gasteiger partial charge on any atom is -0.452 e. The number of nitro groups is 1. The summed E-state index contributed by atoms with van der Waals surface area (Å²) in [6.45, 7) is -0.741. The molecule has 0 fully saturated rings. The average molecular weight is 380 g/mol. The molecule has 0 atom stereocenters. The van der Waals surface area contributed by atoms with Crippen LogP contribution in [0.1, 0.15) is 10.4 Å². The van der Waals surface area contributed by atoms with Gasteiger partial charge in [-0.15, -0.1) is 8.78 Å². The van der Waals surface area contributed by atoms with Crippen molar-refractivity contribution < 1.29 is 37.5 Å². The Labute approximate surface area is 149 Å². The summed E-state index contributed by atoms with van der Waals surface area (Å²) in [7, 11) is 0. The lowest BCUT2D eigenvalue weighted by Crippen LogP contribution is -2.25. The van der Waals surface area contributed by atoms with Crippen LogP contribution in [0.4, 0.5) is 20.2 Å². The Morgan fingerprint density at radius 3 is 2.59 bits per heavy atom. The molecule has 1 aliphatic heterocycles. The van der Waals surface area contributed by atoms with Gasteiger partial charge < -0.3 is 19.5 Å². The van der Waals surface area contributed by atoms with E-state index >= 15 is 0 Å². The minimum atomic E-state index is -3.79. The van der Waals surface area contributed by atoms with E-state index in [-0.39, 0.29) is 22.7 Å². The van der Waals surface area contributed by atoms with E-state index in [9.17, 15) is 28.5 Å². The van der Waals surface area contributed by atoms with Crippen LogP contribution in [-0.4, -0.2) is 29.7 Å². The zero-order valence-corrected chi connectivity index (χ0v) is 13.3. The second-order valence-corrected chi connectivity index (χ2v) is 5.23. The molecule has 0 unspecified atom stereocenters. The van der Waals surface area contributed by atoms with Crippen LogP contribution in [0.3, 0.4) is 0 Å². The molecule has 140 valence electrons. The molecular formula is C16H10F2N2O7. The Bertz CT molecular complexity index is 933.